The predicted molar refractivity (Wildman–Crippen MR) is 84.2 cm³/mol. The summed E-state index contributed by atoms with van der Waals surface area (Å²) in [6, 6.07) is 3.08. The van der Waals surface area contributed by atoms with Crippen LogP contribution < -0.4 is 5.32 Å². The minimum Gasteiger partial charge on any atom is -0.381 e. The Kier molecular flexibility index (Phi) is 4.76. The van der Waals surface area contributed by atoms with Gasteiger partial charge in [0.2, 0.25) is 0 Å². The molecule has 1 saturated heterocycles. The summed E-state index contributed by atoms with van der Waals surface area (Å²) in [5, 5.41) is 7.87. The van der Waals surface area contributed by atoms with Crippen molar-refractivity contribution >= 4 is 11.3 Å². The lowest BCUT2D eigenvalue weighted by Crippen LogP contribution is -2.48. The van der Waals surface area contributed by atoms with E-state index < -0.39 is 0 Å². The van der Waals surface area contributed by atoms with Gasteiger partial charge in [-0.1, -0.05) is 0 Å². The molecule has 1 atom stereocenters. The van der Waals surface area contributed by atoms with Crippen molar-refractivity contribution in [3.8, 4) is 0 Å². The number of nitrogens with zero attached hydrogens (tertiary/aromatic N) is 1. The highest BCUT2D eigenvalue weighted by atomic mass is 32.1. The molecule has 0 bridgehead atoms. The standard InChI is InChI=1S/C16H26N2OS/c1-17-11-16(6-2-7-19-13-16)12-18(15-3-4-15)9-14-5-8-20-10-14/h5,8,10,15,17H,2-4,6-7,9,11-13H2,1H3. The largest absolute Gasteiger partial charge is 0.381 e. The first kappa shape index (κ1) is 14.5. The average molecular weight is 294 g/mol. The van der Waals surface area contributed by atoms with Gasteiger partial charge >= 0.3 is 0 Å². The van der Waals surface area contributed by atoms with E-state index in [-0.39, 0.29) is 0 Å². The molecule has 0 radical (unpaired) electrons. The molecule has 1 N–H and O–H groups in total. The van der Waals surface area contributed by atoms with Gasteiger partial charge in [-0.2, -0.15) is 11.3 Å². The van der Waals surface area contributed by atoms with Crippen LogP contribution in [0.1, 0.15) is 31.2 Å². The van der Waals surface area contributed by atoms with Crippen molar-refractivity contribution in [1.29, 1.82) is 0 Å². The Labute approximate surface area is 126 Å². The van der Waals surface area contributed by atoms with E-state index in [2.05, 4.69) is 34.1 Å². The molecule has 2 heterocycles. The van der Waals surface area contributed by atoms with Gasteiger partial charge in [-0.05, 0) is 55.1 Å². The summed E-state index contributed by atoms with van der Waals surface area (Å²) in [6.45, 7) is 5.22. The van der Waals surface area contributed by atoms with Crippen LogP contribution >= 0.6 is 11.3 Å². The van der Waals surface area contributed by atoms with Crippen molar-refractivity contribution in [2.24, 2.45) is 5.41 Å². The Hall–Kier alpha value is -0.420. The van der Waals surface area contributed by atoms with Crippen LogP contribution in [-0.4, -0.2) is 44.3 Å². The smallest absolute Gasteiger partial charge is 0.0546 e. The summed E-state index contributed by atoms with van der Waals surface area (Å²) < 4.78 is 5.81. The molecule has 0 spiro atoms. The maximum atomic E-state index is 5.81. The third-order valence-corrected chi connectivity index (χ3v) is 5.26. The molecule has 2 fully saturated rings. The summed E-state index contributed by atoms with van der Waals surface area (Å²) >= 11 is 1.81. The maximum Gasteiger partial charge on any atom is 0.0546 e. The molecular formula is C16H26N2OS. The van der Waals surface area contributed by atoms with Gasteiger partial charge < -0.3 is 10.1 Å². The van der Waals surface area contributed by atoms with Crippen LogP contribution in [0.3, 0.4) is 0 Å². The van der Waals surface area contributed by atoms with Crippen molar-refractivity contribution in [2.75, 3.05) is 33.4 Å². The molecule has 1 aliphatic carbocycles. The van der Waals surface area contributed by atoms with Gasteiger partial charge in [0.15, 0.2) is 0 Å². The lowest BCUT2D eigenvalue weighted by Gasteiger charge is -2.41. The Morgan fingerprint density at radius 2 is 2.40 bits per heavy atom. The average Bonchev–Trinajstić information content (AvgIpc) is 3.18. The highest BCUT2D eigenvalue weighted by Gasteiger charge is 2.38. The summed E-state index contributed by atoms with van der Waals surface area (Å²) in [6.07, 6.45) is 5.25. The molecule has 20 heavy (non-hydrogen) atoms. The highest BCUT2D eigenvalue weighted by Crippen LogP contribution is 2.35. The first-order chi connectivity index (χ1) is 9.81. The molecule has 1 aliphatic heterocycles. The number of nitrogens with one attached hydrogen (secondary N) is 1. The number of rotatable bonds is 7. The van der Waals surface area contributed by atoms with Crippen LogP contribution in [0.5, 0.6) is 0 Å². The van der Waals surface area contributed by atoms with Crippen LogP contribution in [0.2, 0.25) is 0 Å². The molecular weight excluding hydrogens is 268 g/mol. The highest BCUT2D eigenvalue weighted by molar-refractivity contribution is 7.07. The molecule has 1 aromatic rings. The van der Waals surface area contributed by atoms with Crippen LogP contribution in [-0.2, 0) is 11.3 Å². The van der Waals surface area contributed by atoms with E-state index in [4.69, 9.17) is 4.74 Å². The van der Waals surface area contributed by atoms with E-state index in [1.165, 1.54) is 37.8 Å². The first-order valence-corrected chi connectivity index (χ1v) is 8.73. The Bertz CT molecular complexity index is 391. The maximum absolute atomic E-state index is 5.81. The monoisotopic (exact) mass is 294 g/mol. The normalized spacial score (nSPS) is 27.1. The van der Waals surface area contributed by atoms with Crippen molar-refractivity contribution < 1.29 is 4.74 Å². The fraction of sp³-hybridized carbons (Fsp3) is 0.750. The van der Waals surface area contributed by atoms with Crippen LogP contribution in [0.25, 0.3) is 0 Å². The first-order valence-electron chi connectivity index (χ1n) is 7.79. The Balaban J connectivity index is 1.67. The summed E-state index contributed by atoms with van der Waals surface area (Å²) in [7, 11) is 2.07. The third kappa shape index (κ3) is 3.61. The van der Waals surface area contributed by atoms with Gasteiger partial charge in [0.25, 0.3) is 0 Å². The fourth-order valence-corrected chi connectivity index (χ4v) is 4.07. The molecule has 0 amide bonds. The van der Waals surface area contributed by atoms with E-state index in [0.29, 0.717) is 5.41 Å². The zero-order valence-electron chi connectivity index (χ0n) is 12.4. The molecule has 0 aromatic carbocycles. The second-order valence-corrected chi connectivity index (χ2v) is 7.23. The van der Waals surface area contributed by atoms with Crippen molar-refractivity contribution in [1.82, 2.24) is 10.2 Å². The fourth-order valence-electron chi connectivity index (χ4n) is 3.41. The minimum atomic E-state index is 0.311. The van der Waals surface area contributed by atoms with Crippen molar-refractivity contribution in [3.05, 3.63) is 22.4 Å². The topological polar surface area (TPSA) is 24.5 Å². The molecule has 1 unspecified atom stereocenters. The SMILES string of the molecule is CNCC1(CN(Cc2ccsc2)C2CC2)CCCOC1. The second-order valence-electron chi connectivity index (χ2n) is 6.45. The molecule has 112 valence electrons. The summed E-state index contributed by atoms with van der Waals surface area (Å²) in [5.74, 6) is 0. The van der Waals surface area contributed by atoms with Crippen molar-refractivity contribution in [3.63, 3.8) is 0 Å². The Morgan fingerprint density at radius 1 is 1.50 bits per heavy atom. The van der Waals surface area contributed by atoms with Gasteiger partial charge in [0, 0.05) is 37.7 Å². The predicted octanol–water partition coefficient (Wildman–Crippen LogP) is 2.73. The van der Waals surface area contributed by atoms with Gasteiger partial charge in [0.05, 0.1) is 6.61 Å². The molecule has 3 nitrogen and oxygen atoms in total. The number of ether oxygens (including phenoxy) is 1. The quantitative estimate of drug-likeness (QED) is 0.837. The zero-order valence-corrected chi connectivity index (χ0v) is 13.3. The number of hydrogen-bond acceptors (Lipinski definition) is 4. The lowest BCUT2D eigenvalue weighted by atomic mass is 9.81. The van der Waals surface area contributed by atoms with Crippen molar-refractivity contribution in [2.45, 2.75) is 38.3 Å². The van der Waals surface area contributed by atoms with Crippen LogP contribution in [0.4, 0.5) is 0 Å². The van der Waals surface area contributed by atoms with E-state index >= 15 is 0 Å². The van der Waals surface area contributed by atoms with Crippen LogP contribution in [0.15, 0.2) is 16.8 Å². The molecule has 2 aliphatic rings. The van der Waals surface area contributed by atoms with Gasteiger partial charge in [-0.3, -0.25) is 4.90 Å². The molecule has 3 rings (SSSR count). The van der Waals surface area contributed by atoms with E-state index in [1.54, 1.807) is 11.3 Å². The van der Waals surface area contributed by atoms with Gasteiger partial charge in [-0.15, -0.1) is 0 Å². The van der Waals surface area contributed by atoms with E-state index in [9.17, 15) is 0 Å². The second kappa shape index (κ2) is 6.56. The zero-order chi connectivity index (χ0) is 13.8. The minimum absolute atomic E-state index is 0.311. The Morgan fingerprint density at radius 3 is 3.00 bits per heavy atom. The number of hydrogen-bond donors (Lipinski definition) is 1. The summed E-state index contributed by atoms with van der Waals surface area (Å²) in [5.41, 5.74) is 1.78. The lowest BCUT2D eigenvalue weighted by molar-refractivity contribution is -0.0281. The van der Waals surface area contributed by atoms with E-state index in [1.807, 2.05) is 0 Å². The van der Waals surface area contributed by atoms with Gasteiger partial charge in [0.1, 0.15) is 0 Å². The molecule has 1 aromatic heterocycles. The van der Waals surface area contributed by atoms with E-state index in [0.717, 1.165) is 32.3 Å². The van der Waals surface area contributed by atoms with Crippen LogP contribution in [0, 0.1) is 5.41 Å². The number of thiophene rings is 1. The molecule has 1 saturated carbocycles. The molecule has 4 heteroatoms. The third-order valence-electron chi connectivity index (χ3n) is 4.52. The van der Waals surface area contributed by atoms with Gasteiger partial charge in [-0.25, -0.2) is 0 Å². The summed E-state index contributed by atoms with van der Waals surface area (Å²) in [4.78, 5) is 2.70.